The molecule has 0 saturated carbocycles. The molecule has 2 atom stereocenters. The third-order valence-electron chi connectivity index (χ3n) is 5.53. The maximum Gasteiger partial charge on any atom is 0.224 e. The van der Waals surface area contributed by atoms with Crippen LogP contribution in [0.2, 0.25) is 0 Å². The quantitative estimate of drug-likeness (QED) is 0.327. The molecule has 0 aliphatic carbocycles. The van der Waals surface area contributed by atoms with Crippen LogP contribution in [0.25, 0.3) is 0 Å². The Morgan fingerprint density at radius 3 is 2.37 bits per heavy atom. The van der Waals surface area contributed by atoms with Gasteiger partial charge < -0.3 is 20.5 Å². The summed E-state index contributed by atoms with van der Waals surface area (Å²) in [5, 5.41) is 16.9. The van der Waals surface area contributed by atoms with Crippen LogP contribution >= 0.6 is 11.8 Å². The van der Waals surface area contributed by atoms with Crippen LogP contribution in [0.15, 0.2) is 71.6 Å². The van der Waals surface area contributed by atoms with E-state index in [1.54, 1.807) is 18.9 Å². The summed E-state index contributed by atoms with van der Waals surface area (Å²) in [7, 11) is 1.59. The van der Waals surface area contributed by atoms with E-state index in [-0.39, 0.29) is 25.3 Å². The van der Waals surface area contributed by atoms with E-state index in [9.17, 15) is 18.7 Å². The SMILES string of the molecule is COc1cccc(CNCC(O)C(Cc2cc(F)cc(F)c2)NC(=O)Cc2ccc(SC)cc2)c1. The maximum atomic E-state index is 13.7. The molecule has 3 N–H and O–H groups in total. The second-order valence-electron chi connectivity index (χ2n) is 8.23. The van der Waals surface area contributed by atoms with Crippen LogP contribution in [0.3, 0.4) is 0 Å². The molecule has 0 saturated heterocycles. The molecular formula is C27H30F2N2O3S. The van der Waals surface area contributed by atoms with Gasteiger partial charge in [0.15, 0.2) is 0 Å². The zero-order valence-corrected chi connectivity index (χ0v) is 20.6. The van der Waals surface area contributed by atoms with Crippen molar-refractivity contribution in [2.75, 3.05) is 19.9 Å². The summed E-state index contributed by atoms with van der Waals surface area (Å²) in [6.07, 6.45) is 1.20. The average Bonchev–Trinajstić information content (AvgIpc) is 2.83. The van der Waals surface area contributed by atoms with Crippen LogP contribution in [0, 0.1) is 11.6 Å². The monoisotopic (exact) mass is 500 g/mol. The summed E-state index contributed by atoms with van der Waals surface area (Å²) in [4.78, 5) is 13.9. The lowest BCUT2D eigenvalue weighted by molar-refractivity contribution is -0.122. The molecule has 0 heterocycles. The van der Waals surface area contributed by atoms with Crippen molar-refractivity contribution in [2.45, 2.75) is 36.4 Å². The number of carbonyl (C=O) groups is 1. The van der Waals surface area contributed by atoms with E-state index in [2.05, 4.69) is 10.6 Å². The Labute approximate surface area is 208 Å². The van der Waals surface area contributed by atoms with Gasteiger partial charge in [-0.25, -0.2) is 8.78 Å². The second kappa shape index (κ2) is 13.2. The van der Waals surface area contributed by atoms with Gasteiger partial charge in [-0.2, -0.15) is 0 Å². The molecular weight excluding hydrogens is 470 g/mol. The zero-order valence-electron chi connectivity index (χ0n) is 19.8. The minimum absolute atomic E-state index is 0.0772. The number of nitrogens with one attached hydrogen (secondary N) is 2. The molecule has 3 rings (SSSR count). The van der Waals surface area contributed by atoms with Gasteiger partial charge in [0.05, 0.1) is 25.7 Å². The molecule has 3 aromatic carbocycles. The summed E-state index contributed by atoms with van der Waals surface area (Å²) in [5.41, 5.74) is 2.16. The highest BCUT2D eigenvalue weighted by molar-refractivity contribution is 7.98. The van der Waals surface area contributed by atoms with Crippen LogP contribution in [0.1, 0.15) is 16.7 Å². The molecule has 8 heteroatoms. The molecule has 0 radical (unpaired) electrons. The Hall–Kier alpha value is -2.94. The Balaban J connectivity index is 1.66. The van der Waals surface area contributed by atoms with Gasteiger partial charge in [-0.05, 0) is 65.8 Å². The molecule has 0 fully saturated rings. The fraction of sp³-hybridized carbons (Fsp3) is 0.296. The number of methoxy groups -OCH3 is 1. The highest BCUT2D eigenvalue weighted by Crippen LogP contribution is 2.16. The first-order valence-electron chi connectivity index (χ1n) is 11.2. The molecule has 0 spiro atoms. The van der Waals surface area contributed by atoms with E-state index in [1.807, 2.05) is 54.8 Å². The normalized spacial score (nSPS) is 12.7. The van der Waals surface area contributed by atoms with Gasteiger partial charge in [-0.3, -0.25) is 4.79 Å². The molecule has 0 aliphatic rings. The van der Waals surface area contributed by atoms with E-state index in [0.717, 1.165) is 27.8 Å². The number of hydrogen-bond acceptors (Lipinski definition) is 5. The standard InChI is InChI=1S/C27H30F2N2O3S/c1-34-23-5-3-4-19(12-23)16-30-17-26(32)25(13-20-10-21(28)15-22(29)11-20)31-27(33)14-18-6-8-24(35-2)9-7-18/h3-12,15,25-26,30,32H,13-14,16-17H2,1-2H3,(H,31,33). The number of rotatable bonds is 12. The van der Waals surface area contributed by atoms with Gasteiger partial charge in [-0.15, -0.1) is 11.8 Å². The Bertz CT molecular complexity index is 1090. The van der Waals surface area contributed by atoms with Crippen LogP contribution in [-0.4, -0.2) is 43.1 Å². The number of aliphatic hydroxyl groups excluding tert-OH is 1. The van der Waals surface area contributed by atoms with Crippen molar-refractivity contribution in [3.8, 4) is 5.75 Å². The van der Waals surface area contributed by atoms with Gasteiger partial charge in [0.1, 0.15) is 17.4 Å². The van der Waals surface area contributed by atoms with Crippen molar-refractivity contribution in [1.29, 1.82) is 0 Å². The first kappa shape index (κ1) is 26.7. The fourth-order valence-electron chi connectivity index (χ4n) is 3.74. The van der Waals surface area contributed by atoms with Crippen LogP contribution in [0.5, 0.6) is 5.75 Å². The number of aliphatic hydroxyl groups is 1. The van der Waals surface area contributed by atoms with E-state index in [0.29, 0.717) is 12.1 Å². The molecule has 186 valence electrons. The summed E-state index contributed by atoms with van der Waals surface area (Å²) in [6.45, 7) is 0.647. The van der Waals surface area contributed by atoms with E-state index < -0.39 is 23.8 Å². The van der Waals surface area contributed by atoms with E-state index in [4.69, 9.17) is 4.74 Å². The molecule has 0 bridgehead atoms. The topological polar surface area (TPSA) is 70.6 Å². The first-order valence-corrected chi connectivity index (χ1v) is 12.5. The van der Waals surface area contributed by atoms with E-state index >= 15 is 0 Å². The lowest BCUT2D eigenvalue weighted by Gasteiger charge is -2.25. The number of amides is 1. The molecule has 0 aliphatic heterocycles. The van der Waals surface area contributed by atoms with Crippen LogP contribution in [-0.2, 0) is 24.2 Å². The van der Waals surface area contributed by atoms with Gasteiger partial charge in [0, 0.05) is 24.1 Å². The molecule has 0 aromatic heterocycles. The molecule has 5 nitrogen and oxygen atoms in total. The van der Waals surface area contributed by atoms with Crippen molar-refractivity contribution in [1.82, 2.24) is 10.6 Å². The van der Waals surface area contributed by atoms with Crippen molar-refractivity contribution in [3.63, 3.8) is 0 Å². The molecule has 2 unspecified atom stereocenters. The predicted molar refractivity (Wildman–Crippen MR) is 135 cm³/mol. The third kappa shape index (κ3) is 8.65. The maximum absolute atomic E-state index is 13.7. The second-order valence-corrected chi connectivity index (χ2v) is 9.11. The number of carbonyl (C=O) groups excluding carboxylic acids is 1. The zero-order chi connectivity index (χ0) is 25.2. The lowest BCUT2D eigenvalue weighted by atomic mass is 10.00. The predicted octanol–water partition coefficient (Wildman–Crippen LogP) is 4.12. The Kier molecular flexibility index (Phi) is 10.1. The lowest BCUT2D eigenvalue weighted by Crippen LogP contribution is -2.49. The number of hydrogen-bond donors (Lipinski definition) is 3. The average molecular weight is 501 g/mol. The number of halogens is 2. The minimum Gasteiger partial charge on any atom is -0.497 e. The largest absolute Gasteiger partial charge is 0.497 e. The molecule has 3 aromatic rings. The molecule has 35 heavy (non-hydrogen) atoms. The van der Waals surface area contributed by atoms with Crippen molar-refractivity contribution < 1.29 is 23.4 Å². The molecule has 1 amide bonds. The van der Waals surface area contributed by atoms with Gasteiger partial charge >= 0.3 is 0 Å². The summed E-state index contributed by atoms with van der Waals surface area (Å²) >= 11 is 1.61. The minimum atomic E-state index is -0.991. The van der Waals surface area contributed by atoms with Gasteiger partial charge in [-0.1, -0.05) is 24.3 Å². The van der Waals surface area contributed by atoms with Gasteiger partial charge in [0.25, 0.3) is 0 Å². The summed E-state index contributed by atoms with van der Waals surface area (Å²) in [5.74, 6) is -0.960. The summed E-state index contributed by atoms with van der Waals surface area (Å²) < 4.78 is 32.7. The van der Waals surface area contributed by atoms with Crippen LogP contribution < -0.4 is 15.4 Å². The number of benzene rings is 3. The smallest absolute Gasteiger partial charge is 0.224 e. The first-order chi connectivity index (χ1) is 16.9. The number of thioether (sulfide) groups is 1. The number of ether oxygens (including phenoxy) is 1. The highest BCUT2D eigenvalue weighted by atomic mass is 32.2. The van der Waals surface area contributed by atoms with Crippen molar-refractivity contribution >= 4 is 17.7 Å². The van der Waals surface area contributed by atoms with Crippen molar-refractivity contribution in [2.24, 2.45) is 0 Å². The van der Waals surface area contributed by atoms with Crippen LogP contribution in [0.4, 0.5) is 8.78 Å². The van der Waals surface area contributed by atoms with E-state index in [1.165, 1.54) is 12.1 Å². The van der Waals surface area contributed by atoms with Crippen molar-refractivity contribution in [3.05, 3.63) is 95.1 Å². The fourth-order valence-corrected chi connectivity index (χ4v) is 4.15. The van der Waals surface area contributed by atoms with Gasteiger partial charge in [0.2, 0.25) is 5.91 Å². The Morgan fingerprint density at radius 1 is 1.00 bits per heavy atom. The summed E-state index contributed by atoms with van der Waals surface area (Å²) in [6, 6.07) is 17.7. The Morgan fingerprint density at radius 2 is 1.71 bits per heavy atom. The third-order valence-corrected chi connectivity index (χ3v) is 6.27. The highest BCUT2D eigenvalue weighted by Gasteiger charge is 2.22.